The number of nitrogen functional groups attached to an aromatic ring is 1. The van der Waals surface area contributed by atoms with Crippen molar-refractivity contribution in [2.75, 3.05) is 36.7 Å². The molecule has 4 N–H and O–H groups in total. The van der Waals surface area contributed by atoms with Crippen molar-refractivity contribution < 1.29 is 12.6 Å². The second-order valence-corrected chi connectivity index (χ2v) is 7.07. The van der Waals surface area contributed by atoms with Crippen LogP contribution in [0.1, 0.15) is 0 Å². The number of rotatable bonds is 6. The van der Waals surface area contributed by atoms with Crippen molar-refractivity contribution in [2.45, 2.75) is 4.90 Å². The average molecular weight is 291 g/mol. The third kappa shape index (κ3) is 3.97. The summed E-state index contributed by atoms with van der Waals surface area (Å²) in [5.74, 6) is 0.524. The molecule has 0 aliphatic carbocycles. The Hall–Kier alpha value is -1.12. The maximum Gasteiger partial charge on any atom is 0.242 e. The molecule has 1 rings (SSSR count). The fourth-order valence-electron chi connectivity index (χ4n) is 1.35. The van der Waals surface area contributed by atoms with E-state index in [0.717, 1.165) is 0 Å². The first kappa shape index (κ1) is 14.9. The Morgan fingerprint density at radius 2 is 2.06 bits per heavy atom. The van der Waals surface area contributed by atoms with Crippen LogP contribution in [0.2, 0.25) is 0 Å². The van der Waals surface area contributed by atoms with Gasteiger partial charge in [-0.25, -0.2) is 13.1 Å². The maximum absolute atomic E-state index is 11.6. The molecule has 0 radical (unpaired) electrons. The van der Waals surface area contributed by atoms with Crippen molar-refractivity contribution in [3.05, 3.63) is 18.2 Å². The van der Waals surface area contributed by atoms with Gasteiger partial charge in [-0.3, -0.25) is 4.21 Å². The van der Waals surface area contributed by atoms with E-state index in [0.29, 0.717) is 18.0 Å². The number of nitrogens with two attached hydrogens (primary N) is 1. The molecule has 0 amide bonds. The van der Waals surface area contributed by atoms with Crippen LogP contribution in [-0.2, 0) is 20.8 Å². The Morgan fingerprint density at radius 1 is 1.39 bits per heavy atom. The van der Waals surface area contributed by atoms with E-state index >= 15 is 0 Å². The second-order valence-electron chi connectivity index (χ2n) is 3.66. The smallest absolute Gasteiger partial charge is 0.242 e. The van der Waals surface area contributed by atoms with Crippen molar-refractivity contribution >= 4 is 32.2 Å². The largest absolute Gasteiger partial charge is 0.398 e. The maximum atomic E-state index is 11.6. The van der Waals surface area contributed by atoms with Crippen LogP contribution >= 0.6 is 0 Å². The first-order chi connectivity index (χ1) is 8.36. The van der Waals surface area contributed by atoms with Gasteiger partial charge in [0.25, 0.3) is 0 Å². The predicted molar refractivity (Wildman–Crippen MR) is 74.5 cm³/mol. The first-order valence-electron chi connectivity index (χ1n) is 5.24. The Labute approximate surface area is 109 Å². The predicted octanol–water partition coefficient (Wildman–Crippen LogP) is -0.0327. The van der Waals surface area contributed by atoms with Crippen LogP contribution in [0, 0.1) is 0 Å². The zero-order valence-corrected chi connectivity index (χ0v) is 11.9. The third-order valence-electron chi connectivity index (χ3n) is 2.29. The van der Waals surface area contributed by atoms with E-state index < -0.39 is 20.8 Å². The summed E-state index contributed by atoms with van der Waals surface area (Å²) in [6, 6.07) is 4.61. The summed E-state index contributed by atoms with van der Waals surface area (Å²) in [5, 5.41) is 3.03. The monoisotopic (exact) mass is 291 g/mol. The van der Waals surface area contributed by atoms with Crippen LogP contribution in [0.3, 0.4) is 0 Å². The lowest BCUT2D eigenvalue weighted by Crippen LogP contribution is -2.20. The zero-order valence-electron chi connectivity index (χ0n) is 10.3. The van der Waals surface area contributed by atoms with Gasteiger partial charge < -0.3 is 11.1 Å². The summed E-state index contributed by atoms with van der Waals surface area (Å²) in [6.45, 7) is 0.542. The highest BCUT2D eigenvalue weighted by molar-refractivity contribution is 7.89. The summed E-state index contributed by atoms with van der Waals surface area (Å²) in [7, 11) is -3.06. The molecule has 0 saturated carbocycles. The molecular formula is C10H17N3O3S2. The van der Waals surface area contributed by atoms with Crippen LogP contribution in [0.25, 0.3) is 0 Å². The van der Waals surface area contributed by atoms with E-state index in [1.807, 2.05) is 0 Å². The van der Waals surface area contributed by atoms with Gasteiger partial charge in [0, 0.05) is 35.0 Å². The zero-order chi connectivity index (χ0) is 13.8. The van der Waals surface area contributed by atoms with E-state index in [9.17, 15) is 12.6 Å². The highest BCUT2D eigenvalue weighted by atomic mass is 32.2. The molecule has 102 valence electrons. The molecule has 1 atom stereocenters. The fraction of sp³-hybridized carbons (Fsp3) is 0.400. The minimum atomic E-state index is -3.53. The van der Waals surface area contributed by atoms with Crippen LogP contribution in [0.4, 0.5) is 11.4 Å². The van der Waals surface area contributed by atoms with Gasteiger partial charge >= 0.3 is 0 Å². The summed E-state index contributed by atoms with van der Waals surface area (Å²) in [5.41, 5.74) is 6.57. The Morgan fingerprint density at radius 3 is 2.56 bits per heavy atom. The van der Waals surface area contributed by atoms with Gasteiger partial charge in [-0.1, -0.05) is 0 Å². The molecule has 0 fully saturated rings. The SMILES string of the molecule is CNS(=O)(=O)c1ccc(NCCS(C)=O)cc1N. The van der Waals surface area contributed by atoms with Crippen molar-refractivity contribution in [1.82, 2.24) is 4.72 Å². The fourth-order valence-corrected chi connectivity index (χ4v) is 2.58. The van der Waals surface area contributed by atoms with Gasteiger partial charge in [0.15, 0.2) is 0 Å². The van der Waals surface area contributed by atoms with Crippen molar-refractivity contribution in [3.8, 4) is 0 Å². The van der Waals surface area contributed by atoms with Gasteiger partial charge in [-0.2, -0.15) is 0 Å². The molecule has 0 spiro atoms. The Bertz CT molecular complexity index is 543. The number of sulfonamides is 1. The van der Waals surface area contributed by atoms with Crippen molar-refractivity contribution in [1.29, 1.82) is 0 Å². The van der Waals surface area contributed by atoms with E-state index in [2.05, 4.69) is 10.0 Å². The molecule has 1 unspecified atom stereocenters. The van der Waals surface area contributed by atoms with Crippen LogP contribution < -0.4 is 15.8 Å². The third-order valence-corrected chi connectivity index (χ3v) is 4.55. The number of hydrogen-bond donors (Lipinski definition) is 3. The van der Waals surface area contributed by atoms with Gasteiger partial charge in [-0.15, -0.1) is 0 Å². The quantitative estimate of drug-likeness (QED) is 0.639. The summed E-state index contributed by atoms with van der Waals surface area (Å²) in [6.07, 6.45) is 1.62. The topological polar surface area (TPSA) is 101 Å². The lowest BCUT2D eigenvalue weighted by Gasteiger charge is -2.10. The molecule has 8 heteroatoms. The standard InChI is InChI=1S/C10H17N3O3S2/c1-12-18(15,16)10-4-3-8(7-9(10)11)13-5-6-17(2)14/h3-4,7,12-13H,5-6,11H2,1-2H3. The number of anilines is 2. The van der Waals surface area contributed by atoms with E-state index in [1.54, 1.807) is 18.4 Å². The van der Waals surface area contributed by atoms with E-state index in [1.165, 1.54) is 13.1 Å². The second kappa shape index (κ2) is 6.17. The summed E-state index contributed by atoms with van der Waals surface area (Å²) >= 11 is 0. The molecular weight excluding hydrogens is 274 g/mol. The minimum absolute atomic E-state index is 0.0506. The molecule has 6 nitrogen and oxygen atoms in total. The molecule has 0 bridgehead atoms. The van der Waals surface area contributed by atoms with Gasteiger partial charge in [-0.05, 0) is 25.2 Å². The molecule has 18 heavy (non-hydrogen) atoms. The molecule has 0 aromatic heterocycles. The summed E-state index contributed by atoms with van der Waals surface area (Å²) in [4.78, 5) is 0.0506. The number of benzene rings is 1. The first-order valence-corrected chi connectivity index (χ1v) is 8.45. The lowest BCUT2D eigenvalue weighted by molar-refractivity contribution is 0.588. The van der Waals surface area contributed by atoms with Gasteiger partial charge in [0.2, 0.25) is 10.0 Å². The van der Waals surface area contributed by atoms with Crippen molar-refractivity contribution in [3.63, 3.8) is 0 Å². The highest BCUT2D eigenvalue weighted by Crippen LogP contribution is 2.21. The number of hydrogen-bond acceptors (Lipinski definition) is 5. The van der Waals surface area contributed by atoms with E-state index in [4.69, 9.17) is 5.73 Å². The molecule has 0 aliphatic rings. The Balaban J connectivity index is 2.83. The van der Waals surface area contributed by atoms with Crippen LogP contribution in [0.15, 0.2) is 23.1 Å². The lowest BCUT2D eigenvalue weighted by atomic mass is 10.3. The molecule has 0 saturated heterocycles. The molecule has 0 aliphatic heterocycles. The van der Waals surface area contributed by atoms with E-state index in [-0.39, 0.29) is 10.6 Å². The number of nitrogens with one attached hydrogen (secondary N) is 2. The van der Waals surface area contributed by atoms with Gasteiger partial charge in [0.1, 0.15) is 4.90 Å². The van der Waals surface area contributed by atoms with Gasteiger partial charge in [0.05, 0.1) is 5.69 Å². The minimum Gasteiger partial charge on any atom is -0.398 e. The summed E-state index contributed by atoms with van der Waals surface area (Å²) < 4.78 is 36.3. The van der Waals surface area contributed by atoms with Crippen LogP contribution in [0.5, 0.6) is 0 Å². The van der Waals surface area contributed by atoms with Crippen molar-refractivity contribution in [2.24, 2.45) is 0 Å². The Kier molecular flexibility index (Phi) is 5.12. The normalized spacial score (nSPS) is 13.2. The molecule has 1 aromatic rings. The molecule has 0 heterocycles. The average Bonchev–Trinajstić information content (AvgIpc) is 2.28. The highest BCUT2D eigenvalue weighted by Gasteiger charge is 2.14. The van der Waals surface area contributed by atoms with Crippen LogP contribution in [-0.4, -0.2) is 38.2 Å². The molecule has 1 aromatic carbocycles.